The molecule has 5 nitrogen and oxygen atoms in total. The lowest BCUT2D eigenvalue weighted by atomic mass is 10.2. The zero-order valence-corrected chi connectivity index (χ0v) is 7.15. The Balaban J connectivity index is 2.67. The number of carbonyl (C=O) groups is 1. The SMILES string of the molecule is O=CNc1ccc2c(=O)[nH]cnc2c1. The molecule has 1 aromatic carbocycles. The molecule has 0 aliphatic rings. The number of rotatable bonds is 2. The molecule has 0 aliphatic heterocycles. The Hall–Kier alpha value is -2.17. The highest BCUT2D eigenvalue weighted by molar-refractivity contribution is 5.84. The standard InChI is InChI=1S/C9H7N3O2/c13-5-12-6-1-2-7-8(3-6)10-4-11-9(7)14/h1-5H,(H,12,13)(H,10,11,14). The number of fused-ring (bicyclic) bond motifs is 1. The van der Waals surface area contributed by atoms with Crippen molar-refractivity contribution in [1.29, 1.82) is 0 Å². The van der Waals surface area contributed by atoms with E-state index in [-0.39, 0.29) is 5.56 Å². The molecule has 0 aliphatic carbocycles. The summed E-state index contributed by atoms with van der Waals surface area (Å²) < 4.78 is 0. The summed E-state index contributed by atoms with van der Waals surface area (Å²) in [6, 6.07) is 4.90. The van der Waals surface area contributed by atoms with Gasteiger partial charge in [0.05, 0.1) is 17.2 Å². The molecule has 0 unspecified atom stereocenters. The third-order valence-corrected chi connectivity index (χ3v) is 1.87. The first-order valence-corrected chi connectivity index (χ1v) is 3.99. The fourth-order valence-electron chi connectivity index (χ4n) is 1.23. The number of nitrogens with one attached hydrogen (secondary N) is 2. The Labute approximate surface area is 78.8 Å². The van der Waals surface area contributed by atoms with Crippen LogP contribution in [0.1, 0.15) is 0 Å². The number of H-pyrrole nitrogens is 1. The van der Waals surface area contributed by atoms with Gasteiger partial charge >= 0.3 is 0 Å². The van der Waals surface area contributed by atoms with Gasteiger partial charge in [0.15, 0.2) is 0 Å². The van der Waals surface area contributed by atoms with E-state index in [1.807, 2.05) is 0 Å². The molecule has 14 heavy (non-hydrogen) atoms. The molecule has 0 radical (unpaired) electrons. The molecule has 0 saturated heterocycles. The molecule has 0 atom stereocenters. The van der Waals surface area contributed by atoms with Crippen molar-refractivity contribution in [2.24, 2.45) is 0 Å². The van der Waals surface area contributed by atoms with E-state index in [4.69, 9.17) is 0 Å². The number of aromatic nitrogens is 2. The maximum Gasteiger partial charge on any atom is 0.258 e. The normalized spacial score (nSPS) is 10.0. The summed E-state index contributed by atoms with van der Waals surface area (Å²) in [6.07, 6.45) is 1.91. The Morgan fingerprint density at radius 3 is 3.07 bits per heavy atom. The van der Waals surface area contributed by atoms with Crippen molar-refractivity contribution in [1.82, 2.24) is 9.97 Å². The zero-order chi connectivity index (χ0) is 9.97. The molecular formula is C9H7N3O2. The number of aromatic amines is 1. The van der Waals surface area contributed by atoms with Crippen molar-refractivity contribution in [2.75, 3.05) is 5.32 Å². The van der Waals surface area contributed by atoms with Crippen LogP contribution in [-0.4, -0.2) is 16.4 Å². The van der Waals surface area contributed by atoms with Crippen molar-refractivity contribution >= 4 is 23.0 Å². The van der Waals surface area contributed by atoms with E-state index in [2.05, 4.69) is 15.3 Å². The van der Waals surface area contributed by atoms with Crippen LogP contribution in [0.5, 0.6) is 0 Å². The van der Waals surface area contributed by atoms with Gasteiger partial charge in [0.1, 0.15) is 0 Å². The largest absolute Gasteiger partial charge is 0.329 e. The second-order valence-electron chi connectivity index (χ2n) is 2.73. The molecule has 70 valence electrons. The fourth-order valence-corrected chi connectivity index (χ4v) is 1.23. The third kappa shape index (κ3) is 1.35. The molecule has 0 fully saturated rings. The lowest BCUT2D eigenvalue weighted by molar-refractivity contribution is -0.105. The average Bonchev–Trinajstić information content (AvgIpc) is 2.18. The second kappa shape index (κ2) is 3.29. The summed E-state index contributed by atoms with van der Waals surface area (Å²) in [5, 5.41) is 2.99. The van der Waals surface area contributed by atoms with E-state index in [0.29, 0.717) is 23.0 Å². The Morgan fingerprint density at radius 1 is 1.43 bits per heavy atom. The van der Waals surface area contributed by atoms with Gasteiger partial charge in [-0.25, -0.2) is 4.98 Å². The van der Waals surface area contributed by atoms with Gasteiger partial charge in [0.2, 0.25) is 6.41 Å². The van der Waals surface area contributed by atoms with Gasteiger partial charge in [-0.05, 0) is 18.2 Å². The summed E-state index contributed by atoms with van der Waals surface area (Å²) >= 11 is 0. The molecule has 1 amide bonds. The highest BCUT2D eigenvalue weighted by Crippen LogP contribution is 2.12. The summed E-state index contributed by atoms with van der Waals surface area (Å²) in [5.41, 5.74) is 0.985. The minimum absolute atomic E-state index is 0.187. The molecule has 0 spiro atoms. The summed E-state index contributed by atoms with van der Waals surface area (Å²) in [4.78, 5) is 27.9. The quantitative estimate of drug-likeness (QED) is 0.675. The number of hydrogen-bond donors (Lipinski definition) is 2. The lowest BCUT2D eigenvalue weighted by Gasteiger charge is -1.99. The number of nitrogens with zero attached hydrogens (tertiary/aromatic N) is 1. The minimum Gasteiger partial charge on any atom is -0.329 e. The van der Waals surface area contributed by atoms with Crippen LogP contribution in [0.3, 0.4) is 0 Å². The molecule has 0 saturated carbocycles. The van der Waals surface area contributed by atoms with Gasteiger partial charge in [0, 0.05) is 5.69 Å². The first kappa shape index (κ1) is 8.43. The van der Waals surface area contributed by atoms with Crippen LogP contribution < -0.4 is 10.9 Å². The predicted molar refractivity (Wildman–Crippen MR) is 52.1 cm³/mol. The van der Waals surface area contributed by atoms with Crippen molar-refractivity contribution < 1.29 is 4.79 Å². The topological polar surface area (TPSA) is 74.8 Å². The van der Waals surface area contributed by atoms with Gasteiger partial charge in [-0.1, -0.05) is 0 Å². The minimum atomic E-state index is -0.187. The van der Waals surface area contributed by atoms with Gasteiger partial charge in [0.25, 0.3) is 5.56 Å². The third-order valence-electron chi connectivity index (χ3n) is 1.87. The average molecular weight is 189 g/mol. The first-order valence-electron chi connectivity index (χ1n) is 3.99. The summed E-state index contributed by atoms with van der Waals surface area (Å²) in [7, 11) is 0. The number of amides is 1. The summed E-state index contributed by atoms with van der Waals surface area (Å²) in [6.45, 7) is 0. The Morgan fingerprint density at radius 2 is 2.29 bits per heavy atom. The fraction of sp³-hybridized carbons (Fsp3) is 0. The van der Waals surface area contributed by atoms with Crippen LogP contribution in [0.15, 0.2) is 29.3 Å². The molecular weight excluding hydrogens is 182 g/mol. The molecule has 2 N–H and O–H groups in total. The molecule has 2 aromatic rings. The van der Waals surface area contributed by atoms with E-state index in [1.54, 1.807) is 18.2 Å². The van der Waals surface area contributed by atoms with Gasteiger partial charge in [-0.2, -0.15) is 0 Å². The smallest absolute Gasteiger partial charge is 0.258 e. The summed E-state index contributed by atoms with van der Waals surface area (Å²) in [5.74, 6) is 0. The number of anilines is 1. The number of benzene rings is 1. The van der Waals surface area contributed by atoms with E-state index in [0.717, 1.165) is 0 Å². The number of hydrogen-bond acceptors (Lipinski definition) is 3. The van der Waals surface area contributed by atoms with E-state index >= 15 is 0 Å². The van der Waals surface area contributed by atoms with E-state index < -0.39 is 0 Å². The van der Waals surface area contributed by atoms with Crippen LogP contribution in [-0.2, 0) is 4.79 Å². The maximum absolute atomic E-state index is 11.3. The van der Waals surface area contributed by atoms with Gasteiger partial charge in [-0.15, -0.1) is 0 Å². The lowest BCUT2D eigenvalue weighted by Crippen LogP contribution is -2.06. The van der Waals surface area contributed by atoms with Crippen molar-refractivity contribution in [3.05, 3.63) is 34.9 Å². The first-order chi connectivity index (χ1) is 6.81. The highest BCUT2D eigenvalue weighted by atomic mass is 16.1. The number of carbonyl (C=O) groups excluding carboxylic acids is 1. The van der Waals surface area contributed by atoms with Crippen molar-refractivity contribution in [3.8, 4) is 0 Å². The van der Waals surface area contributed by atoms with Crippen LogP contribution in [0.2, 0.25) is 0 Å². The van der Waals surface area contributed by atoms with Crippen molar-refractivity contribution in [3.63, 3.8) is 0 Å². The van der Waals surface area contributed by atoms with E-state index in [9.17, 15) is 9.59 Å². The molecule has 1 aromatic heterocycles. The molecule has 0 bridgehead atoms. The highest BCUT2D eigenvalue weighted by Gasteiger charge is 1.99. The predicted octanol–water partition coefficient (Wildman–Crippen LogP) is 0.491. The monoisotopic (exact) mass is 189 g/mol. The Kier molecular flexibility index (Phi) is 1.98. The zero-order valence-electron chi connectivity index (χ0n) is 7.15. The maximum atomic E-state index is 11.3. The second-order valence-corrected chi connectivity index (χ2v) is 2.73. The molecule has 2 rings (SSSR count). The van der Waals surface area contributed by atoms with Crippen LogP contribution in [0.25, 0.3) is 10.9 Å². The van der Waals surface area contributed by atoms with Crippen LogP contribution >= 0.6 is 0 Å². The van der Waals surface area contributed by atoms with Gasteiger partial charge < -0.3 is 10.3 Å². The van der Waals surface area contributed by atoms with E-state index in [1.165, 1.54) is 6.33 Å². The van der Waals surface area contributed by atoms with Gasteiger partial charge in [-0.3, -0.25) is 9.59 Å². The van der Waals surface area contributed by atoms with Crippen LogP contribution in [0, 0.1) is 0 Å². The van der Waals surface area contributed by atoms with Crippen LogP contribution in [0.4, 0.5) is 5.69 Å². The van der Waals surface area contributed by atoms with Crippen molar-refractivity contribution in [2.45, 2.75) is 0 Å². The molecule has 5 heteroatoms. The Bertz CT molecular complexity index is 533. The molecule has 1 heterocycles.